The van der Waals surface area contributed by atoms with E-state index < -0.39 is 30.1 Å². The van der Waals surface area contributed by atoms with Gasteiger partial charge < -0.3 is 15.2 Å². The van der Waals surface area contributed by atoms with Crippen molar-refractivity contribution in [3.8, 4) is 0 Å². The van der Waals surface area contributed by atoms with Crippen LogP contribution in [0.4, 0.5) is 4.79 Å². The minimum absolute atomic E-state index is 0.0237. The van der Waals surface area contributed by atoms with Gasteiger partial charge in [-0.1, -0.05) is 42.5 Å². The van der Waals surface area contributed by atoms with Crippen LogP contribution in [-0.4, -0.2) is 56.6 Å². The van der Waals surface area contributed by atoms with Crippen LogP contribution in [0, 0.1) is 0 Å². The Morgan fingerprint density at radius 1 is 1.09 bits per heavy atom. The zero-order valence-electron chi connectivity index (χ0n) is 17.9. The van der Waals surface area contributed by atoms with Crippen LogP contribution in [0.1, 0.15) is 24.1 Å². The fraction of sp³-hybridized carbons (Fsp3) is 0.292. The van der Waals surface area contributed by atoms with Gasteiger partial charge in [0.25, 0.3) is 0 Å². The van der Waals surface area contributed by atoms with E-state index in [0.717, 1.165) is 5.56 Å². The highest BCUT2D eigenvalue weighted by Gasteiger charge is 2.37. The third-order valence-corrected chi connectivity index (χ3v) is 5.52. The second kappa shape index (κ2) is 10.1. The number of para-hydroxylation sites is 2. The van der Waals surface area contributed by atoms with Gasteiger partial charge in [-0.15, -0.1) is 0 Å². The molecule has 1 fully saturated rings. The predicted molar refractivity (Wildman–Crippen MR) is 119 cm³/mol. The van der Waals surface area contributed by atoms with Gasteiger partial charge >= 0.3 is 12.1 Å². The van der Waals surface area contributed by atoms with Crippen LogP contribution in [0.15, 0.2) is 60.8 Å². The second-order valence-electron chi connectivity index (χ2n) is 7.85. The van der Waals surface area contributed by atoms with Gasteiger partial charge in [0, 0.05) is 19.2 Å². The number of aromatic nitrogens is 2. The average molecular weight is 448 g/mol. The molecule has 9 heteroatoms. The maximum absolute atomic E-state index is 12.9. The van der Waals surface area contributed by atoms with Crippen LogP contribution < -0.4 is 5.32 Å². The highest BCUT2D eigenvalue weighted by Crippen LogP contribution is 2.20. The van der Waals surface area contributed by atoms with Crippen LogP contribution in [0.2, 0.25) is 0 Å². The summed E-state index contributed by atoms with van der Waals surface area (Å²) in [6.07, 6.45) is 1.96. The van der Waals surface area contributed by atoms with E-state index in [1.54, 1.807) is 6.07 Å². The summed E-state index contributed by atoms with van der Waals surface area (Å²) in [5.74, 6) is -1.71. The summed E-state index contributed by atoms with van der Waals surface area (Å²) in [4.78, 5) is 47.4. The van der Waals surface area contributed by atoms with Crippen LogP contribution in [-0.2, 0) is 27.4 Å². The van der Waals surface area contributed by atoms with E-state index in [2.05, 4.69) is 15.3 Å². The normalized spacial score (nSPS) is 16.4. The molecule has 2 atom stereocenters. The third kappa shape index (κ3) is 5.43. The highest BCUT2D eigenvalue weighted by molar-refractivity contribution is 5.89. The van der Waals surface area contributed by atoms with Gasteiger partial charge in [0.05, 0.1) is 16.7 Å². The van der Waals surface area contributed by atoms with Crippen molar-refractivity contribution in [3.05, 3.63) is 72.1 Å². The van der Waals surface area contributed by atoms with E-state index >= 15 is 0 Å². The number of nitrogens with one attached hydrogen (secondary N) is 1. The fourth-order valence-electron chi connectivity index (χ4n) is 3.83. The van der Waals surface area contributed by atoms with Gasteiger partial charge in [0.15, 0.2) is 0 Å². The number of carbonyl (C=O) groups is 3. The fourth-order valence-corrected chi connectivity index (χ4v) is 3.83. The zero-order chi connectivity index (χ0) is 23.2. The van der Waals surface area contributed by atoms with E-state index in [1.165, 1.54) is 11.1 Å². The number of fused-ring (bicyclic) bond motifs is 1. The standard InChI is InChI=1S/C24H24N4O5/c29-22(21-11-6-12-28(21)24(32)33-15-16-7-2-1-3-8-16)27-20(23(30)31)13-17-14-25-18-9-4-5-10-19(18)26-17/h1-5,7-10,14,20-21H,6,11-13,15H2,(H,27,29)(H,30,31)/t20-,21-/m1/s1. The summed E-state index contributed by atoms with van der Waals surface area (Å²) in [6.45, 7) is 0.475. The topological polar surface area (TPSA) is 122 Å². The molecule has 1 aliphatic rings. The predicted octanol–water partition coefficient (Wildman–Crippen LogP) is 2.54. The van der Waals surface area contributed by atoms with Crippen LogP contribution in [0.3, 0.4) is 0 Å². The molecule has 1 saturated heterocycles. The monoisotopic (exact) mass is 448 g/mol. The van der Waals surface area contributed by atoms with Gasteiger partial charge in [-0.3, -0.25) is 14.7 Å². The lowest BCUT2D eigenvalue weighted by atomic mass is 10.1. The van der Waals surface area contributed by atoms with E-state index in [-0.39, 0.29) is 13.0 Å². The molecule has 0 radical (unpaired) electrons. The molecule has 2 heterocycles. The number of benzene rings is 2. The number of rotatable bonds is 7. The smallest absolute Gasteiger partial charge is 0.410 e. The Bertz CT molecular complexity index is 1150. The second-order valence-corrected chi connectivity index (χ2v) is 7.85. The van der Waals surface area contributed by atoms with Crippen LogP contribution in [0.5, 0.6) is 0 Å². The summed E-state index contributed by atoms with van der Waals surface area (Å²) in [5, 5.41) is 12.2. The molecule has 0 saturated carbocycles. The zero-order valence-corrected chi connectivity index (χ0v) is 17.9. The van der Waals surface area contributed by atoms with Crippen molar-refractivity contribution in [2.45, 2.75) is 38.0 Å². The Morgan fingerprint density at radius 2 is 1.82 bits per heavy atom. The molecular weight excluding hydrogens is 424 g/mol. The number of likely N-dealkylation sites (tertiary alicyclic amines) is 1. The molecule has 170 valence electrons. The average Bonchev–Trinajstić information content (AvgIpc) is 3.33. The van der Waals surface area contributed by atoms with Crippen molar-refractivity contribution < 1.29 is 24.2 Å². The molecule has 2 amide bonds. The number of amides is 2. The quantitative estimate of drug-likeness (QED) is 0.570. The number of ether oxygens (including phenoxy) is 1. The molecule has 33 heavy (non-hydrogen) atoms. The first-order valence-electron chi connectivity index (χ1n) is 10.7. The Morgan fingerprint density at radius 3 is 2.58 bits per heavy atom. The molecule has 2 aromatic carbocycles. The number of hydrogen-bond acceptors (Lipinski definition) is 6. The molecule has 0 unspecified atom stereocenters. The van der Waals surface area contributed by atoms with Crippen molar-refractivity contribution in [1.29, 1.82) is 0 Å². The third-order valence-electron chi connectivity index (χ3n) is 5.52. The van der Waals surface area contributed by atoms with Crippen molar-refractivity contribution in [2.24, 2.45) is 0 Å². The first-order chi connectivity index (χ1) is 16.0. The van der Waals surface area contributed by atoms with Crippen molar-refractivity contribution in [2.75, 3.05) is 6.54 Å². The van der Waals surface area contributed by atoms with E-state index in [1.807, 2.05) is 48.5 Å². The molecule has 0 aliphatic carbocycles. The van der Waals surface area contributed by atoms with Crippen LogP contribution >= 0.6 is 0 Å². The van der Waals surface area contributed by atoms with E-state index in [4.69, 9.17) is 4.74 Å². The number of carboxylic acids is 1. The molecule has 1 aliphatic heterocycles. The molecule has 9 nitrogen and oxygen atoms in total. The summed E-state index contributed by atoms with van der Waals surface area (Å²) in [5.41, 5.74) is 2.64. The largest absolute Gasteiger partial charge is 0.480 e. The first kappa shape index (κ1) is 22.2. The Balaban J connectivity index is 1.39. The Labute approximate surface area is 190 Å². The number of carboxylic acid groups (broad SMARTS) is 1. The van der Waals surface area contributed by atoms with Gasteiger partial charge in [-0.25, -0.2) is 14.6 Å². The molecule has 0 spiro atoms. The molecule has 4 rings (SSSR count). The summed E-state index contributed by atoms with van der Waals surface area (Å²) in [7, 11) is 0. The molecular formula is C24H24N4O5. The van der Waals surface area contributed by atoms with Crippen molar-refractivity contribution >= 4 is 29.0 Å². The molecule has 1 aromatic heterocycles. The van der Waals surface area contributed by atoms with Gasteiger partial charge in [0.1, 0.15) is 18.7 Å². The minimum Gasteiger partial charge on any atom is -0.480 e. The van der Waals surface area contributed by atoms with Crippen molar-refractivity contribution in [3.63, 3.8) is 0 Å². The molecule has 2 N–H and O–H groups in total. The molecule has 0 bridgehead atoms. The van der Waals surface area contributed by atoms with Crippen molar-refractivity contribution in [1.82, 2.24) is 20.2 Å². The lowest BCUT2D eigenvalue weighted by molar-refractivity contribution is -0.142. The Kier molecular flexibility index (Phi) is 6.77. The number of nitrogens with zero attached hydrogens (tertiary/aromatic N) is 3. The first-order valence-corrected chi connectivity index (χ1v) is 10.7. The lowest BCUT2D eigenvalue weighted by Crippen LogP contribution is -2.51. The maximum Gasteiger partial charge on any atom is 0.410 e. The van der Waals surface area contributed by atoms with Crippen LogP contribution in [0.25, 0.3) is 11.0 Å². The summed E-state index contributed by atoms with van der Waals surface area (Å²) >= 11 is 0. The van der Waals surface area contributed by atoms with E-state index in [9.17, 15) is 19.5 Å². The Hall–Kier alpha value is -4.01. The minimum atomic E-state index is -1.20. The number of carbonyl (C=O) groups excluding carboxylic acids is 2. The summed E-state index contributed by atoms with van der Waals surface area (Å²) < 4.78 is 5.35. The SMILES string of the molecule is O=C(N[C@H](Cc1cnc2ccccc2n1)C(=O)O)[C@H]1CCCN1C(=O)OCc1ccccc1. The number of aliphatic carboxylic acids is 1. The number of hydrogen-bond donors (Lipinski definition) is 2. The lowest BCUT2D eigenvalue weighted by Gasteiger charge is -2.25. The summed E-state index contributed by atoms with van der Waals surface area (Å²) in [6, 6.07) is 14.5. The van der Waals surface area contributed by atoms with E-state index in [0.29, 0.717) is 36.1 Å². The van der Waals surface area contributed by atoms with Gasteiger partial charge in [-0.2, -0.15) is 0 Å². The van der Waals surface area contributed by atoms with Gasteiger partial charge in [0.2, 0.25) is 5.91 Å². The van der Waals surface area contributed by atoms with Gasteiger partial charge in [-0.05, 0) is 30.5 Å². The highest BCUT2D eigenvalue weighted by atomic mass is 16.6. The molecule has 3 aromatic rings. The maximum atomic E-state index is 12.9.